The van der Waals surface area contributed by atoms with E-state index in [9.17, 15) is 9.90 Å². The van der Waals surface area contributed by atoms with Crippen LogP contribution in [0.4, 0.5) is 5.69 Å². The fourth-order valence-corrected chi connectivity index (χ4v) is 2.13. The van der Waals surface area contributed by atoms with E-state index >= 15 is 0 Å². The molecule has 0 aliphatic rings. The highest BCUT2D eigenvalue weighted by Gasteiger charge is 2.13. The Morgan fingerprint density at radius 2 is 1.71 bits per heavy atom. The molecule has 0 unspecified atom stereocenters. The van der Waals surface area contributed by atoms with Gasteiger partial charge < -0.3 is 19.9 Å². The highest BCUT2D eigenvalue weighted by molar-refractivity contribution is 9.10. The molecule has 110 valence electrons. The summed E-state index contributed by atoms with van der Waals surface area (Å²) in [4.78, 5) is 12.2. The minimum absolute atomic E-state index is 0.0921. The average Bonchev–Trinajstić information content (AvgIpc) is 2.49. The predicted molar refractivity (Wildman–Crippen MR) is 83.3 cm³/mol. The van der Waals surface area contributed by atoms with Crippen molar-refractivity contribution in [3.05, 3.63) is 46.4 Å². The van der Waals surface area contributed by atoms with Crippen molar-refractivity contribution in [3.63, 3.8) is 0 Å². The van der Waals surface area contributed by atoms with Gasteiger partial charge in [0.05, 0.1) is 19.8 Å². The molecule has 6 heteroatoms. The lowest BCUT2D eigenvalue weighted by molar-refractivity contribution is 0.102. The fraction of sp³-hybridized carbons (Fsp3) is 0.133. The van der Waals surface area contributed by atoms with Crippen LogP contribution < -0.4 is 14.8 Å². The number of methoxy groups -OCH3 is 2. The zero-order valence-electron chi connectivity index (χ0n) is 11.5. The third-order valence-corrected chi connectivity index (χ3v) is 3.31. The van der Waals surface area contributed by atoms with E-state index in [4.69, 9.17) is 9.47 Å². The first-order valence-electron chi connectivity index (χ1n) is 6.06. The number of ether oxygens (including phenoxy) is 2. The molecule has 2 N–H and O–H groups in total. The zero-order chi connectivity index (χ0) is 15.4. The van der Waals surface area contributed by atoms with Crippen LogP contribution in [0, 0.1) is 0 Å². The van der Waals surface area contributed by atoms with E-state index in [0.717, 1.165) is 0 Å². The van der Waals surface area contributed by atoms with Crippen molar-refractivity contribution >= 4 is 27.5 Å². The molecule has 1 amide bonds. The summed E-state index contributed by atoms with van der Waals surface area (Å²) < 4.78 is 11.0. The van der Waals surface area contributed by atoms with Gasteiger partial charge in [-0.15, -0.1) is 0 Å². The van der Waals surface area contributed by atoms with E-state index < -0.39 is 5.91 Å². The zero-order valence-corrected chi connectivity index (χ0v) is 13.1. The van der Waals surface area contributed by atoms with Crippen molar-refractivity contribution in [1.82, 2.24) is 0 Å². The van der Waals surface area contributed by atoms with Crippen molar-refractivity contribution < 1.29 is 19.4 Å². The van der Waals surface area contributed by atoms with E-state index in [1.807, 2.05) is 0 Å². The maximum Gasteiger partial charge on any atom is 0.259 e. The van der Waals surface area contributed by atoms with Crippen LogP contribution >= 0.6 is 15.9 Å². The summed E-state index contributed by atoms with van der Waals surface area (Å²) in [5, 5.41) is 12.4. The van der Waals surface area contributed by atoms with Gasteiger partial charge in [0, 0.05) is 28.4 Å². The number of nitrogens with one attached hydrogen (secondary N) is 1. The number of amides is 1. The van der Waals surface area contributed by atoms with E-state index in [0.29, 0.717) is 21.7 Å². The lowest BCUT2D eigenvalue weighted by atomic mass is 10.2. The summed E-state index contributed by atoms with van der Waals surface area (Å²) in [6.07, 6.45) is 0. The molecule has 2 aromatic rings. The Balaban J connectivity index is 2.28. The van der Waals surface area contributed by atoms with Gasteiger partial charge in [-0.2, -0.15) is 0 Å². The molecule has 2 aromatic carbocycles. The highest BCUT2D eigenvalue weighted by atomic mass is 79.9. The summed E-state index contributed by atoms with van der Waals surface area (Å²) in [6, 6.07) is 9.67. The Kier molecular flexibility index (Phi) is 4.70. The topological polar surface area (TPSA) is 67.8 Å². The molecule has 0 fully saturated rings. The first kappa shape index (κ1) is 15.2. The van der Waals surface area contributed by atoms with Crippen LogP contribution in [0.3, 0.4) is 0 Å². The Morgan fingerprint density at radius 1 is 1.10 bits per heavy atom. The number of hydrogen-bond acceptors (Lipinski definition) is 4. The van der Waals surface area contributed by atoms with Gasteiger partial charge in [-0.05, 0) is 18.2 Å². The summed E-state index contributed by atoms with van der Waals surface area (Å²) in [5.74, 6) is 0.598. The van der Waals surface area contributed by atoms with Crippen molar-refractivity contribution in [2.24, 2.45) is 0 Å². The number of rotatable bonds is 4. The SMILES string of the molecule is COc1cc(NC(=O)c2cc(Br)ccc2O)cc(OC)c1. The summed E-state index contributed by atoms with van der Waals surface area (Å²) in [5.41, 5.74) is 0.682. The monoisotopic (exact) mass is 351 g/mol. The van der Waals surface area contributed by atoms with Gasteiger partial charge in [-0.25, -0.2) is 0 Å². The van der Waals surface area contributed by atoms with Gasteiger partial charge in [-0.1, -0.05) is 15.9 Å². The van der Waals surface area contributed by atoms with Gasteiger partial charge >= 0.3 is 0 Å². The third kappa shape index (κ3) is 3.66. The second-order valence-electron chi connectivity index (χ2n) is 4.22. The summed E-state index contributed by atoms with van der Waals surface area (Å²) in [7, 11) is 3.06. The Labute approximate surface area is 130 Å². The quantitative estimate of drug-likeness (QED) is 0.885. The molecule has 0 radical (unpaired) electrons. The molecule has 2 rings (SSSR count). The fourth-order valence-electron chi connectivity index (χ4n) is 1.77. The van der Waals surface area contributed by atoms with Crippen LogP contribution in [-0.2, 0) is 0 Å². The lowest BCUT2D eigenvalue weighted by Gasteiger charge is -2.10. The first-order chi connectivity index (χ1) is 10.0. The van der Waals surface area contributed by atoms with E-state index in [2.05, 4.69) is 21.2 Å². The molecule has 0 spiro atoms. The summed E-state index contributed by atoms with van der Waals surface area (Å²) >= 11 is 3.26. The van der Waals surface area contributed by atoms with Crippen molar-refractivity contribution in [2.75, 3.05) is 19.5 Å². The molecule has 5 nitrogen and oxygen atoms in total. The highest BCUT2D eigenvalue weighted by Crippen LogP contribution is 2.27. The Hall–Kier alpha value is -2.21. The van der Waals surface area contributed by atoms with Gasteiger partial charge in [-0.3, -0.25) is 4.79 Å². The van der Waals surface area contributed by atoms with Crippen LogP contribution in [-0.4, -0.2) is 25.2 Å². The number of anilines is 1. The molecule has 0 aliphatic heterocycles. The molecule has 0 saturated carbocycles. The summed E-state index contributed by atoms with van der Waals surface area (Å²) in [6.45, 7) is 0. The van der Waals surface area contributed by atoms with Crippen LogP contribution in [0.15, 0.2) is 40.9 Å². The van der Waals surface area contributed by atoms with Gasteiger partial charge in [0.25, 0.3) is 5.91 Å². The normalized spacial score (nSPS) is 10.0. The molecule has 0 aromatic heterocycles. The second-order valence-corrected chi connectivity index (χ2v) is 5.13. The number of phenols is 1. The van der Waals surface area contributed by atoms with Crippen molar-refractivity contribution in [2.45, 2.75) is 0 Å². The van der Waals surface area contributed by atoms with E-state index in [-0.39, 0.29) is 11.3 Å². The van der Waals surface area contributed by atoms with E-state index in [1.54, 1.807) is 30.3 Å². The molecule has 0 bridgehead atoms. The smallest absolute Gasteiger partial charge is 0.259 e. The van der Waals surface area contributed by atoms with Gasteiger partial charge in [0.1, 0.15) is 17.2 Å². The minimum Gasteiger partial charge on any atom is -0.507 e. The van der Waals surface area contributed by atoms with Gasteiger partial charge in [0.15, 0.2) is 0 Å². The molecule has 0 saturated heterocycles. The van der Waals surface area contributed by atoms with Crippen LogP contribution in [0.2, 0.25) is 0 Å². The first-order valence-corrected chi connectivity index (χ1v) is 6.85. The Bertz CT molecular complexity index is 650. The molecule has 21 heavy (non-hydrogen) atoms. The van der Waals surface area contributed by atoms with Crippen LogP contribution in [0.5, 0.6) is 17.2 Å². The predicted octanol–water partition coefficient (Wildman–Crippen LogP) is 3.42. The van der Waals surface area contributed by atoms with Crippen LogP contribution in [0.25, 0.3) is 0 Å². The molecule has 0 heterocycles. The number of hydrogen-bond donors (Lipinski definition) is 2. The average molecular weight is 352 g/mol. The number of phenolic OH excluding ortho intramolecular Hbond substituents is 1. The van der Waals surface area contributed by atoms with Crippen molar-refractivity contribution in [1.29, 1.82) is 0 Å². The number of benzene rings is 2. The maximum atomic E-state index is 12.2. The van der Waals surface area contributed by atoms with Crippen LogP contribution in [0.1, 0.15) is 10.4 Å². The standard InChI is InChI=1S/C15H14BrNO4/c1-20-11-6-10(7-12(8-11)21-2)17-15(19)13-5-9(16)3-4-14(13)18/h3-8,18H,1-2H3,(H,17,19). The minimum atomic E-state index is -0.427. The van der Waals surface area contributed by atoms with E-state index in [1.165, 1.54) is 20.3 Å². The van der Waals surface area contributed by atoms with Gasteiger partial charge in [0.2, 0.25) is 0 Å². The van der Waals surface area contributed by atoms with Crippen molar-refractivity contribution in [3.8, 4) is 17.2 Å². The number of halogens is 1. The second kappa shape index (κ2) is 6.49. The molecule has 0 atom stereocenters. The number of aromatic hydroxyl groups is 1. The number of carbonyl (C=O) groups excluding carboxylic acids is 1. The molecular formula is C15H14BrNO4. The molecular weight excluding hydrogens is 338 g/mol. The maximum absolute atomic E-state index is 12.2. The molecule has 0 aliphatic carbocycles. The lowest BCUT2D eigenvalue weighted by Crippen LogP contribution is -2.12. The largest absolute Gasteiger partial charge is 0.507 e. The third-order valence-electron chi connectivity index (χ3n) is 2.81. The number of carbonyl (C=O) groups is 1. The Morgan fingerprint density at radius 3 is 2.29 bits per heavy atom.